The van der Waals surface area contributed by atoms with Crippen LogP contribution in [0.5, 0.6) is 0 Å². The highest BCUT2D eigenvalue weighted by molar-refractivity contribution is 6.34. The maximum atomic E-state index is 6.61. The summed E-state index contributed by atoms with van der Waals surface area (Å²) in [4.78, 5) is 2.46. The Morgan fingerprint density at radius 3 is 2.33 bits per heavy atom. The molecule has 1 aliphatic carbocycles. The first-order valence-electron chi connectivity index (χ1n) is 6.95. The fourth-order valence-corrected chi connectivity index (χ4v) is 3.80. The van der Waals surface area contributed by atoms with Crippen LogP contribution in [0.2, 0.25) is 5.02 Å². The van der Waals surface area contributed by atoms with Gasteiger partial charge in [-0.1, -0.05) is 50.9 Å². The second-order valence-corrected chi connectivity index (χ2v) is 7.48. The molecule has 2 aliphatic rings. The van der Waals surface area contributed by atoms with E-state index >= 15 is 0 Å². The third kappa shape index (κ3) is 1.84. The van der Waals surface area contributed by atoms with E-state index in [2.05, 4.69) is 43.9 Å². The average Bonchev–Trinajstić information content (AvgIpc) is 2.14. The molecular formula is C16H22ClN. The van der Waals surface area contributed by atoms with Crippen LogP contribution in [0.1, 0.15) is 45.6 Å². The maximum Gasteiger partial charge on any atom is 0.0676 e. The van der Waals surface area contributed by atoms with E-state index in [-0.39, 0.29) is 5.41 Å². The number of hydrogen-bond donors (Lipinski definition) is 0. The zero-order chi connectivity index (χ0) is 13.0. The zero-order valence-electron chi connectivity index (χ0n) is 11.6. The van der Waals surface area contributed by atoms with Gasteiger partial charge in [0, 0.05) is 18.5 Å². The van der Waals surface area contributed by atoms with Gasteiger partial charge in [0.1, 0.15) is 0 Å². The van der Waals surface area contributed by atoms with Crippen molar-refractivity contribution in [2.24, 2.45) is 5.41 Å². The highest BCUT2D eigenvalue weighted by Gasteiger charge is 2.47. The van der Waals surface area contributed by atoms with Crippen molar-refractivity contribution in [1.29, 1.82) is 0 Å². The van der Waals surface area contributed by atoms with E-state index in [0.29, 0.717) is 5.41 Å². The van der Waals surface area contributed by atoms with E-state index in [0.717, 1.165) is 5.02 Å². The van der Waals surface area contributed by atoms with Gasteiger partial charge >= 0.3 is 0 Å². The van der Waals surface area contributed by atoms with Crippen molar-refractivity contribution in [3.63, 3.8) is 0 Å². The van der Waals surface area contributed by atoms with Gasteiger partial charge < -0.3 is 4.90 Å². The minimum absolute atomic E-state index is 0.117. The van der Waals surface area contributed by atoms with Gasteiger partial charge in [-0.15, -0.1) is 0 Å². The van der Waals surface area contributed by atoms with Crippen molar-refractivity contribution in [2.75, 3.05) is 18.0 Å². The first-order chi connectivity index (χ1) is 8.41. The molecule has 1 heterocycles. The molecule has 0 N–H and O–H groups in total. The molecule has 98 valence electrons. The molecule has 0 aromatic heterocycles. The van der Waals surface area contributed by atoms with E-state index in [1.165, 1.54) is 43.6 Å². The van der Waals surface area contributed by atoms with E-state index in [9.17, 15) is 0 Å². The Hall–Kier alpha value is -0.690. The summed E-state index contributed by atoms with van der Waals surface area (Å²) in [6.07, 6.45) is 4.25. The van der Waals surface area contributed by atoms with Crippen LogP contribution < -0.4 is 4.90 Å². The molecule has 1 aromatic rings. The minimum Gasteiger partial charge on any atom is -0.369 e. The van der Waals surface area contributed by atoms with E-state index in [1.54, 1.807) is 0 Å². The molecule has 2 heteroatoms. The SMILES string of the molecule is CC(C)(C)c1cccc(N2CC3(CCC3)C2)c1Cl. The standard InChI is InChI=1S/C16H22ClN/c1-15(2,3)12-6-4-7-13(14(12)17)18-10-16(11-18)8-5-9-16/h4,6-7H,5,8-11H2,1-3H3. The Balaban J connectivity index is 1.85. The van der Waals surface area contributed by atoms with Crippen LogP contribution in [0.15, 0.2) is 18.2 Å². The fraction of sp³-hybridized carbons (Fsp3) is 0.625. The lowest BCUT2D eigenvalue weighted by atomic mass is 9.63. The molecule has 1 saturated carbocycles. The van der Waals surface area contributed by atoms with Crippen molar-refractivity contribution < 1.29 is 0 Å². The van der Waals surface area contributed by atoms with Gasteiger partial charge in [0.2, 0.25) is 0 Å². The van der Waals surface area contributed by atoms with Gasteiger partial charge in [0.15, 0.2) is 0 Å². The lowest BCUT2D eigenvalue weighted by Crippen LogP contribution is -2.60. The molecule has 3 rings (SSSR count). The van der Waals surface area contributed by atoms with Gasteiger partial charge in [-0.3, -0.25) is 0 Å². The summed E-state index contributed by atoms with van der Waals surface area (Å²) >= 11 is 6.61. The van der Waals surface area contributed by atoms with Crippen molar-refractivity contribution in [3.8, 4) is 0 Å². The van der Waals surface area contributed by atoms with Crippen molar-refractivity contribution >= 4 is 17.3 Å². The summed E-state index contributed by atoms with van der Waals surface area (Å²) in [5.74, 6) is 0. The molecule has 1 spiro atoms. The number of anilines is 1. The molecule has 0 radical (unpaired) electrons. The van der Waals surface area contributed by atoms with Gasteiger partial charge in [0.05, 0.1) is 10.7 Å². The second kappa shape index (κ2) is 3.90. The number of halogens is 1. The average molecular weight is 264 g/mol. The number of nitrogens with zero attached hydrogens (tertiary/aromatic N) is 1. The van der Waals surface area contributed by atoms with Crippen LogP contribution in [-0.4, -0.2) is 13.1 Å². The third-order valence-corrected chi connectivity index (χ3v) is 4.99. The van der Waals surface area contributed by atoms with Crippen molar-refractivity contribution in [3.05, 3.63) is 28.8 Å². The van der Waals surface area contributed by atoms with Crippen LogP contribution in [-0.2, 0) is 5.41 Å². The number of benzene rings is 1. The Bertz CT molecular complexity index is 460. The predicted octanol–water partition coefficient (Wildman–Crippen LogP) is 4.63. The third-order valence-electron chi connectivity index (χ3n) is 4.59. The fourth-order valence-electron chi connectivity index (χ4n) is 3.27. The van der Waals surface area contributed by atoms with Crippen LogP contribution in [0.25, 0.3) is 0 Å². The largest absolute Gasteiger partial charge is 0.369 e. The lowest BCUT2D eigenvalue weighted by molar-refractivity contribution is 0.0904. The number of hydrogen-bond acceptors (Lipinski definition) is 1. The smallest absolute Gasteiger partial charge is 0.0676 e. The molecule has 0 atom stereocenters. The Kier molecular flexibility index (Phi) is 2.68. The van der Waals surface area contributed by atoms with Crippen LogP contribution in [0, 0.1) is 5.41 Å². The monoisotopic (exact) mass is 263 g/mol. The van der Waals surface area contributed by atoms with Gasteiger partial charge in [-0.05, 0) is 29.9 Å². The molecular weight excluding hydrogens is 242 g/mol. The van der Waals surface area contributed by atoms with Gasteiger partial charge in [0.25, 0.3) is 0 Å². The first kappa shape index (κ1) is 12.3. The van der Waals surface area contributed by atoms with Gasteiger partial charge in [-0.2, -0.15) is 0 Å². The van der Waals surface area contributed by atoms with Crippen LogP contribution in [0.3, 0.4) is 0 Å². The van der Waals surface area contributed by atoms with E-state index in [4.69, 9.17) is 11.6 Å². The molecule has 0 unspecified atom stereocenters. The quantitative estimate of drug-likeness (QED) is 0.714. The summed E-state index contributed by atoms with van der Waals surface area (Å²) in [6.45, 7) is 9.09. The highest BCUT2D eigenvalue weighted by atomic mass is 35.5. The zero-order valence-corrected chi connectivity index (χ0v) is 12.3. The van der Waals surface area contributed by atoms with Crippen molar-refractivity contribution in [1.82, 2.24) is 0 Å². The molecule has 0 bridgehead atoms. The molecule has 0 amide bonds. The summed E-state index contributed by atoms with van der Waals surface area (Å²) in [6, 6.07) is 6.47. The first-order valence-corrected chi connectivity index (χ1v) is 7.33. The number of rotatable bonds is 1. The predicted molar refractivity (Wildman–Crippen MR) is 78.6 cm³/mol. The van der Waals surface area contributed by atoms with E-state index in [1.807, 2.05) is 0 Å². The highest BCUT2D eigenvalue weighted by Crippen LogP contribution is 2.51. The lowest BCUT2D eigenvalue weighted by Gasteiger charge is -2.57. The molecule has 1 saturated heterocycles. The summed E-state index contributed by atoms with van der Waals surface area (Å²) in [7, 11) is 0. The normalized spacial score (nSPS) is 21.7. The van der Waals surface area contributed by atoms with Crippen molar-refractivity contribution in [2.45, 2.75) is 45.4 Å². The topological polar surface area (TPSA) is 3.24 Å². The Morgan fingerprint density at radius 2 is 1.83 bits per heavy atom. The molecule has 18 heavy (non-hydrogen) atoms. The summed E-state index contributed by atoms with van der Waals surface area (Å²) < 4.78 is 0. The van der Waals surface area contributed by atoms with E-state index < -0.39 is 0 Å². The summed E-state index contributed by atoms with van der Waals surface area (Å²) in [5.41, 5.74) is 3.27. The molecule has 1 nitrogen and oxygen atoms in total. The van der Waals surface area contributed by atoms with Crippen LogP contribution in [0.4, 0.5) is 5.69 Å². The molecule has 1 aromatic carbocycles. The van der Waals surface area contributed by atoms with Crippen LogP contribution >= 0.6 is 11.6 Å². The van der Waals surface area contributed by atoms with Gasteiger partial charge in [-0.25, -0.2) is 0 Å². The summed E-state index contributed by atoms with van der Waals surface area (Å²) in [5, 5.41) is 0.958. The molecule has 2 fully saturated rings. The maximum absolute atomic E-state index is 6.61. The second-order valence-electron chi connectivity index (χ2n) is 7.10. The Morgan fingerprint density at radius 1 is 1.17 bits per heavy atom. The minimum atomic E-state index is 0.117. The Labute approximate surface area is 115 Å². The molecule has 1 aliphatic heterocycles.